The highest BCUT2D eigenvalue weighted by Gasteiger charge is 2.31. The van der Waals surface area contributed by atoms with Crippen molar-refractivity contribution >= 4 is 15.9 Å². The van der Waals surface area contributed by atoms with Gasteiger partial charge in [0.05, 0.1) is 17.8 Å². The van der Waals surface area contributed by atoms with Crippen LogP contribution in [0.5, 0.6) is 5.75 Å². The number of piperidine rings is 1. The predicted octanol–water partition coefficient (Wildman–Crippen LogP) is 2.15. The lowest BCUT2D eigenvalue weighted by atomic mass is 9.99. The van der Waals surface area contributed by atoms with Gasteiger partial charge >= 0.3 is 0 Å². The maximum Gasteiger partial charge on any atom is 0.224 e. The van der Waals surface area contributed by atoms with Crippen LogP contribution in [0.1, 0.15) is 39.2 Å². The highest BCUT2D eigenvalue weighted by molar-refractivity contribution is 7.89. The summed E-state index contributed by atoms with van der Waals surface area (Å²) in [4.78, 5) is 12.4. The molecule has 6 nitrogen and oxygen atoms in total. The SMILES string of the molecule is CCS(=O)(=O)N1CCCC(C(=O)NCc2cccc(OC(C)C)c2)C1. The first-order valence-corrected chi connectivity index (χ1v) is 10.4. The zero-order valence-corrected chi connectivity index (χ0v) is 16.0. The second kappa shape index (κ2) is 8.67. The molecule has 140 valence electrons. The van der Waals surface area contributed by atoms with Crippen LogP contribution in [0.15, 0.2) is 24.3 Å². The van der Waals surface area contributed by atoms with Crippen molar-refractivity contribution in [3.05, 3.63) is 29.8 Å². The fourth-order valence-electron chi connectivity index (χ4n) is 2.93. The molecule has 0 aromatic heterocycles. The summed E-state index contributed by atoms with van der Waals surface area (Å²) in [6.07, 6.45) is 1.53. The Morgan fingerprint density at radius 3 is 2.84 bits per heavy atom. The molecule has 1 unspecified atom stereocenters. The van der Waals surface area contributed by atoms with E-state index in [1.165, 1.54) is 4.31 Å². The van der Waals surface area contributed by atoms with Gasteiger partial charge in [0.25, 0.3) is 0 Å². The Morgan fingerprint density at radius 1 is 1.40 bits per heavy atom. The third-order valence-electron chi connectivity index (χ3n) is 4.25. The van der Waals surface area contributed by atoms with E-state index in [9.17, 15) is 13.2 Å². The molecule has 1 heterocycles. The van der Waals surface area contributed by atoms with Crippen LogP contribution in [-0.4, -0.2) is 43.6 Å². The molecule has 2 rings (SSSR count). The second-order valence-electron chi connectivity index (χ2n) is 6.63. The zero-order valence-electron chi connectivity index (χ0n) is 15.2. The summed E-state index contributed by atoms with van der Waals surface area (Å²) in [7, 11) is -3.24. The lowest BCUT2D eigenvalue weighted by Crippen LogP contribution is -2.45. The molecule has 1 N–H and O–H groups in total. The summed E-state index contributed by atoms with van der Waals surface area (Å²) >= 11 is 0. The lowest BCUT2D eigenvalue weighted by Gasteiger charge is -2.30. The van der Waals surface area contributed by atoms with E-state index in [-0.39, 0.29) is 30.2 Å². The molecule has 1 aliphatic rings. The fourth-order valence-corrected chi connectivity index (χ4v) is 4.11. The molecule has 0 radical (unpaired) electrons. The summed E-state index contributed by atoms with van der Waals surface area (Å²) in [6.45, 7) is 6.75. The van der Waals surface area contributed by atoms with Crippen LogP contribution >= 0.6 is 0 Å². The van der Waals surface area contributed by atoms with E-state index in [2.05, 4.69) is 5.32 Å². The summed E-state index contributed by atoms with van der Waals surface area (Å²) in [6, 6.07) is 7.63. The largest absolute Gasteiger partial charge is 0.491 e. The highest BCUT2D eigenvalue weighted by Crippen LogP contribution is 2.20. The Bertz CT molecular complexity index is 688. The van der Waals surface area contributed by atoms with Gasteiger partial charge in [-0.05, 0) is 51.3 Å². The minimum absolute atomic E-state index is 0.0734. The third kappa shape index (κ3) is 5.71. The molecule has 1 fully saturated rings. The van der Waals surface area contributed by atoms with E-state index in [0.717, 1.165) is 24.2 Å². The maximum atomic E-state index is 12.4. The van der Waals surface area contributed by atoms with E-state index in [1.807, 2.05) is 38.1 Å². The first-order chi connectivity index (χ1) is 11.8. The van der Waals surface area contributed by atoms with Crippen molar-refractivity contribution in [3.8, 4) is 5.75 Å². The number of hydrogen-bond donors (Lipinski definition) is 1. The number of carbonyl (C=O) groups is 1. The molecular weight excluding hydrogens is 340 g/mol. The van der Waals surface area contributed by atoms with Gasteiger partial charge in [0.2, 0.25) is 15.9 Å². The molecule has 1 atom stereocenters. The van der Waals surface area contributed by atoms with Gasteiger partial charge in [-0.1, -0.05) is 12.1 Å². The molecular formula is C18H28N2O4S. The molecule has 0 spiro atoms. The van der Waals surface area contributed by atoms with Gasteiger partial charge < -0.3 is 10.1 Å². The maximum absolute atomic E-state index is 12.4. The van der Waals surface area contributed by atoms with Crippen LogP contribution in [0.25, 0.3) is 0 Å². The third-order valence-corrected chi connectivity index (χ3v) is 6.10. The molecule has 1 aliphatic heterocycles. The minimum Gasteiger partial charge on any atom is -0.491 e. The van der Waals surface area contributed by atoms with Crippen LogP contribution in [-0.2, 0) is 21.4 Å². The number of sulfonamides is 1. The number of amides is 1. The van der Waals surface area contributed by atoms with Crippen LogP contribution < -0.4 is 10.1 Å². The van der Waals surface area contributed by atoms with Crippen molar-refractivity contribution < 1.29 is 17.9 Å². The van der Waals surface area contributed by atoms with Crippen molar-refractivity contribution in [2.45, 2.75) is 46.3 Å². The van der Waals surface area contributed by atoms with Gasteiger partial charge in [-0.3, -0.25) is 4.79 Å². The first kappa shape index (κ1) is 19.7. The molecule has 0 aliphatic carbocycles. The Hall–Kier alpha value is -1.60. The topological polar surface area (TPSA) is 75.7 Å². The molecule has 25 heavy (non-hydrogen) atoms. The molecule has 7 heteroatoms. The number of ether oxygens (including phenoxy) is 1. The van der Waals surface area contributed by atoms with Gasteiger partial charge in [0, 0.05) is 19.6 Å². The Morgan fingerprint density at radius 2 is 2.16 bits per heavy atom. The Labute approximate surface area is 150 Å². The van der Waals surface area contributed by atoms with Gasteiger partial charge in [-0.25, -0.2) is 12.7 Å². The Kier molecular flexibility index (Phi) is 6.84. The smallest absolute Gasteiger partial charge is 0.224 e. The van der Waals surface area contributed by atoms with Crippen molar-refractivity contribution in [2.75, 3.05) is 18.8 Å². The van der Waals surface area contributed by atoms with Crippen LogP contribution in [0.2, 0.25) is 0 Å². The average Bonchev–Trinajstić information content (AvgIpc) is 2.59. The molecule has 0 saturated carbocycles. The van der Waals surface area contributed by atoms with Crippen LogP contribution in [0, 0.1) is 5.92 Å². The van der Waals surface area contributed by atoms with Crippen LogP contribution in [0.3, 0.4) is 0 Å². The average molecular weight is 368 g/mol. The minimum atomic E-state index is -3.24. The Balaban J connectivity index is 1.92. The number of hydrogen-bond acceptors (Lipinski definition) is 4. The highest BCUT2D eigenvalue weighted by atomic mass is 32.2. The normalized spacial score (nSPS) is 19.0. The fraction of sp³-hybridized carbons (Fsp3) is 0.611. The second-order valence-corrected chi connectivity index (χ2v) is 8.89. The van der Waals surface area contributed by atoms with Crippen molar-refractivity contribution in [1.29, 1.82) is 0 Å². The first-order valence-electron chi connectivity index (χ1n) is 8.83. The predicted molar refractivity (Wildman–Crippen MR) is 97.8 cm³/mol. The van der Waals surface area contributed by atoms with Gasteiger partial charge in [0.1, 0.15) is 5.75 Å². The van der Waals surface area contributed by atoms with Crippen LogP contribution in [0.4, 0.5) is 0 Å². The number of carbonyl (C=O) groups excluding carboxylic acids is 1. The van der Waals surface area contributed by atoms with Crippen molar-refractivity contribution in [3.63, 3.8) is 0 Å². The lowest BCUT2D eigenvalue weighted by molar-refractivity contribution is -0.126. The number of rotatable bonds is 7. The quantitative estimate of drug-likeness (QED) is 0.800. The number of nitrogens with zero attached hydrogens (tertiary/aromatic N) is 1. The van der Waals surface area contributed by atoms with Gasteiger partial charge in [0.15, 0.2) is 0 Å². The number of benzene rings is 1. The monoisotopic (exact) mass is 368 g/mol. The van der Waals surface area contributed by atoms with E-state index in [0.29, 0.717) is 13.1 Å². The zero-order chi connectivity index (χ0) is 18.4. The summed E-state index contributed by atoms with van der Waals surface area (Å²) in [5, 5.41) is 2.92. The summed E-state index contributed by atoms with van der Waals surface area (Å²) in [5.41, 5.74) is 0.959. The molecule has 0 bridgehead atoms. The van der Waals surface area contributed by atoms with E-state index >= 15 is 0 Å². The van der Waals surface area contributed by atoms with Gasteiger partial charge in [-0.15, -0.1) is 0 Å². The molecule has 1 amide bonds. The summed E-state index contributed by atoms with van der Waals surface area (Å²) in [5.74, 6) is 0.472. The van der Waals surface area contributed by atoms with E-state index in [1.54, 1.807) is 6.92 Å². The molecule has 1 saturated heterocycles. The standard InChI is InChI=1S/C18H28N2O4S/c1-4-25(22,23)20-10-6-8-16(13-20)18(21)19-12-15-7-5-9-17(11-15)24-14(2)3/h5,7,9,11,14,16H,4,6,8,10,12-13H2,1-3H3,(H,19,21). The van der Waals surface area contributed by atoms with Gasteiger partial charge in [-0.2, -0.15) is 0 Å². The molecule has 1 aromatic rings. The number of nitrogens with one attached hydrogen (secondary N) is 1. The van der Waals surface area contributed by atoms with Crippen molar-refractivity contribution in [2.24, 2.45) is 5.92 Å². The van der Waals surface area contributed by atoms with E-state index < -0.39 is 10.0 Å². The molecule has 1 aromatic carbocycles. The summed E-state index contributed by atoms with van der Waals surface area (Å²) < 4.78 is 31.1. The van der Waals surface area contributed by atoms with Crippen molar-refractivity contribution in [1.82, 2.24) is 9.62 Å². The van der Waals surface area contributed by atoms with E-state index in [4.69, 9.17) is 4.74 Å².